The van der Waals surface area contributed by atoms with Crippen LogP contribution in [0.1, 0.15) is 29.5 Å². The van der Waals surface area contributed by atoms with E-state index in [1.54, 1.807) is 18.9 Å². The fraction of sp³-hybridized carbons (Fsp3) is 0.235. The Morgan fingerprint density at radius 2 is 1.54 bits per heavy atom. The van der Waals surface area contributed by atoms with Gasteiger partial charge in [-0.3, -0.25) is 4.90 Å². The first-order valence-corrected chi connectivity index (χ1v) is 15.1. The number of benzene rings is 3. The number of hydrogen-bond donors (Lipinski definition) is 2. The van der Waals surface area contributed by atoms with Crippen molar-refractivity contribution in [3.05, 3.63) is 121 Å². The molecule has 1 saturated heterocycles. The zero-order valence-electron chi connectivity index (χ0n) is 24.9. The molecule has 1 aliphatic heterocycles. The highest BCUT2D eigenvalue weighted by Crippen LogP contribution is 2.30. The van der Waals surface area contributed by atoms with Crippen LogP contribution in [-0.2, 0) is 19.3 Å². The predicted octanol–water partition coefficient (Wildman–Crippen LogP) is 6.90. The quantitative estimate of drug-likeness (QED) is 0.181. The zero-order valence-corrected chi connectivity index (χ0v) is 24.9. The number of fused-ring (bicyclic) bond motifs is 1. The Hall–Kier alpha value is -5.23. The predicted molar refractivity (Wildman–Crippen MR) is 171 cm³/mol. The second kappa shape index (κ2) is 12.6. The van der Waals surface area contributed by atoms with Gasteiger partial charge in [-0.15, -0.1) is 0 Å². The highest BCUT2D eigenvalue weighted by atomic mass is 19.4. The van der Waals surface area contributed by atoms with E-state index < -0.39 is 11.7 Å². The Labute approximate surface area is 263 Å². The maximum atomic E-state index is 13.1. The third kappa shape index (κ3) is 6.71. The Kier molecular flexibility index (Phi) is 8.10. The molecule has 1 aliphatic rings. The normalized spacial score (nSPS) is 14.5. The minimum atomic E-state index is -4.39. The summed E-state index contributed by atoms with van der Waals surface area (Å²) in [6.45, 7) is 3.14. The molecule has 7 rings (SSSR count). The number of nitrogens with one attached hydrogen (secondary N) is 2. The molecular weight excluding hydrogens is 591 g/mol. The zero-order chi connectivity index (χ0) is 31.5. The summed E-state index contributed by atoms with van der Waals surface area (Å²) >= 11 is 0. The first-order valence-electron chi connectivity index (χ1n) is 15.1. The molecule has 0 bridgehead atoms. The first-order chi connectivity index (χ1) is 22.4. The fourth-order valence-corrected chi connectivity index (χ4v) is 5.74. The summed E-state index contributed by atoms with van der Waals surface area (Å²) in [5, 5.41) is 6.96. The van der Waals surface area contributed by atoms with E-state index in [-0.39, 0.29) is 6.04 Å². The van der Waals surface area contributed by atoms with Crippen molar-refractivity contribution in [1.29, 1.82) is 0 Å². The van der Waals surface area contributed by atoms with Crippen LogP contribution in [0.2, 0.25) is 0 Å². The molecule has 6 aromatic rings. The van der Waals surface area contributed by atoms with Crippen LogP contribution in [0.4, 0.5) is 30.6 Å². The Bertz CT molecular complexity index is 1880. The van der Waals surface area contributed by atoms with Crippen molar-refractivity contribution < 1.29 is 13.2 Å². The molecule has 3 aromatic carbocycles. The lowest BCUT2D eigenvalue weighted by Gasteiger charge is -2.32. The smallest absolute Gasteiger partial charge is 0.365 e. The van der Waals surface area contributed by atoms with E-state index in [4.69, 9.17) is 9.97 Å². The summed E-state index contributed by atoms with van der Waals surface area (Å²) in [6.07, 6.45) is 4.51. The SMILES string of the molecule is FC(F)(F)c1ccc(Cn2cnc3c(NC4CCN(Cc5ccccc5)CC4)nc(Nc4ccc(-n5ccnc5)cc4)nc32)cc1. The molecule has 0 unspecified atom stereocenters. The number of nitrogens with zero attached hydrogens (tertiary/aromatic N) is 7. The molecular formula is C34H32F3N9. The van der Waals surface area contributed by atoms with E-state index in [1.807, 2.05) is 45.7 Å². The minimum Gasteiger partial charge on any atom is -0.365 e. The molecule has 46 heavy (non-hydrogen) atoms. The lowest BCUT2D eigenvalue weighted by atomic mass is 10.0. The minimum absolute atomic E-state index is 0.201. The maximum Gasteiger partial charge on any atom is 0.416 e. The second-order valence-electron chi connectivity index (χ2n) is 11.5. The summed E-state index contributed by atoms with van der Waals surface area (Å²) in [5.41, 5.74) is 4.29. The molecule has 0 amide bonds. The molecule has 0 radical (unpaired) electrons. The molecule has 2 N–H and O–H groups in total. The van der Waals surface area contributed by atoms with Crippen molar-refractivity contribution >= 4 is 28.6 Å². The van der Waals surface area contributed by atoms with Crippen LogP contribution in [0.25, 0.3) is 16.9 Å². The van der Waals surface area contributed by atoms with Crippen LogP contribution in [0.5, 0.6) is 0 Å². The standard InChI is InChI=1S/C34H32F3N9/c35-34(36,37)26-8-6-25(7-9-26)21-46-23-39-30-31(40-28-14-17-44(18-15-28)20-24-4-2-1-3-5-24)42-33(43-32(30)46)41-27-10-12-29(13-11-27)45-19-16-38-22-45/h1-13,16,19,22-23,28H,14-15,17-18,20-21H2,(H2,40,41,42,43). The van der Waals surface area contributed by atoms with Crippen LogP contribution in [-0.4, -0.2) is 53.1 Å². The summed E-state index contributed by atoms with van der Waals surface area (Å²) in [6, 6.07) is 23.7. The topological polar surface area (TPSA) is 88.7 Å². The molecule has 0 aliphatic carbocycles. The summed E-state index contributed by atoms with van der Waals surface area (Å²) in [7, 11) is 0. The van der Waals surface area contributed by atoms with Gasteiger partial charge in [-0.2, -0.15) is 23.1 Å². The van der Waals surface area contributed by atoms with Gasteiger partial charge in [-0.05, 0) is 60.4 Å². The van der Waals surface area contributed by atoms with Gasteiger partial charge in [0.1, 0.15) is 0 Å². The van der Waals surface area contributed by atoms with Gasteiger partial charge in [0.2, 0.25) is 5.95 Å². The van der Waals surface area contributed by atoms with E-state index in [2.05, 4.69) is 49.8 Å². The van der Waals surface area contributed by atoms with Crippen LogP contribution < -0.4 is 10.6 Å². The maximum absolute atomic E-state index is 13.1. The summed E-state index contributed by atoms with van der Waals surface area (Å²) in [4.78, 5) is 20.9. The summed E-state index contributed by atoms with van der Waals surface area (Å²) < 4.78 is 43.1. The monoisotopic (exact) mass is 623 g/mol. The number of piperidine rings is 1. The molecule has 1 fully saturated rings. The van der Waals surface area contributed by atoms with E-state index >= 15 is 0 Å². The van der Waals surface area contributed by atoms with E-state index in [0.29, 0.717) is 35.0 Å². The van der Waals surface area contributed by atoms with Crippen molar-refractivity contribution in [2.45, 2.75) is 38.1 Å². The van der Waals surface area contributed by atoms with Crippen LogP contribution in [0.15, 0.2) is 104 Å². The third-order valence-corrected chi connectivity index (χ3v) is 8.20. The van der Waals surface area contributed by atoms with Gasteiger partial charge in [-0.1, -0.05) is 42.5 Å². The van der Waals surface area contributed by atoms with Gasteiger partial charge in [0.25, 0.3) is 0 Å². The molecule has 0 spiro atoms. The lowest BCUT2D eigenvalue weighted by Crippen LogP contribution is -2.38. The van der Waals surface area contributed by atoms with Crippen molar-refractivity contribution in [2.75, 3.05) is 23.7 Å². The summed E-state index contributed by atoms with van der Waals surface area (Å²) in [5.74, 6) is 1.01. The third-order valence-electron chi connectivity index (χ3n) is 8.20. The van der Waals surface area contributed by atoms with Gasteiger partial charge in [-0.25, -0.2) is 9.97 Å². The van der Waals surface area contributed by atoms with E-state index in [1.165, 1.54) is 17.7 Å². The van der Waals surface area contributed by atoms with Crippen molar-refractivity contribution in [2.24, 2.45) is 0 Å². The molecule has 4 heterocycles. The number of alkyl halides is 3. The van der Waals surface area contributed by atoms with Crippen molar-refractivity contribution in [3.8, 4) is 5.69 Å². The number of anilines is 3. The van der Waals surface area contributed by atoms with E-state index in [0.717, 1.165) is 56.0 Å². The van der Waals surface area contributed by atoms with Crippen LogP contribution >= 0.6 is 0 Å². The molecule has 0 saturated carbocycles. The van der Waals surface area contributed by atoms with Gasteiger partial charge >= 0.3 is 6.18 Å². The average molecular weight is 624 g/mol. The molecule has 12 heteroatoms. The first kappa shape index (κ1) is 29.5. The molecule has 9 nitrogen and oxygen atoms in total. The molecule has 234 valence electrons. The Balaban J connectivity index is 1.13. The number of imidazole rings is 2. The number of likely N-dealkylation sites (tertiary alicyclic amines) is 1. The van der Waals surface area contributed by atoms with Gasteiger partial charge in [0.05, 0.1) is 24.8 Å². The van der Waals surface area contributed by atoms with Gasteiger partial charge in [0, 0.05) is 49.4 Å². The lowest BCUT2D eigenvalue weighted by molar-refractivity contribution is -0.137. The highest BCUT2D eigenvalue weighted by molar-refractivity contribution is 5.85. The van der Waals surface area contributed by atoms with Crippen LogP contribution in [0.3, 0.4) is 0 Å². The van der Waals surface area contributed by atoms with Crippen molar-refractivity contribution in [1.82, 2.24) is 34.0 Å². The van der Waals surface area contributed by atoms with Gasteiger partial charge in [0.15, 0.2) is 17.0 Å². The number of halogens is 3. The van der Waals surface area contributed by atoms with Gasteiger partial charge < -0.3 is 19.8 Å². The number of aromatic nitrogens is 6. The number of rotatable bonds is 9. The largest absolute Gasteiger partial charge is 0.416 e. The Morgan fingerprint density at radius 3 is 2.24 bits per heavy atom. The van der Waals surface area contributed by atoms with Crippen molar-refractivity contribution in [3.63, 3.8) is 0 Å². The average Bonchev–Trinajstić information content (AvgIpc) is 3.74. The molecule has 3 aromatic heterocycles. The second-order valence-corrected chi connectivity index (χ2v) is 11.5. The highest BCUT2D eigenvalue weighted by Gasteiger charge is 2.30. The number of hydrogen-bond acceptors (Lipinski definition) is 7. The fourth-order valence-electron chi connectivity index (χ4n) is 5.74. The van der Waals surface area contributed by atoms with Crippen LogP contribution in [0, 0.1) is 0 Å². The van der Waals surface area contributed by atoms with E-state index in [9.17, 15) is 13.2 Å². The Morgan fingerprint density at radius 1 is 0.804 bits per heavy atom. The molecule has 0 atom stereocenters.